The lowest BCUT2D eigenvalue weighted by Crippen LogP contribution is -1.89. The lowest BCUT2D eigenvalue weighted by atomic mass is 10.2. The third kappa shape index (κ3) is 1.22. The first-order valence-corrected chi connectivity index (χ1v) is 5.29. The molecular formula is C11H6N2OS. The quantitative estimate of drug-likeness (QED) is 0.585. The van der Waals surface area contributed by atoms with Gasteiger partial charge in [0.1, 0.15) is 4.83 Å². The first-order valence-electron chi connectivity index (χ1n) is 4.48. The van der Waals surface area contributed by atoms with Crippen molar-refractivity contribution in [2.24, 2.45) is 0 Å². The predicted molar refractivity (Wildman–Crippen MR) is 60.3 cm³/mol. The Morgan fingerprint density at radius 1 is 1.20 bits per heavy atom. The number of aromatic nitrogens is 2. The average Bonchev–Trinajstić information content (AvgIpc) is 2.66. The number of fused-ring (bicyclic) bond motifs is 3. The van der Waals surface area contributed by atoms with Gasteiger partial charge < -0.3 is 0 Å². The lowest BCUT2D eigenvalue weighted by Gasteiger charge is -1.90. The SMILES string of the molecule is O=Cc1ncc2c(n1)sc1ccccc12. The molecule has 0 aliphatic carbocycles. The molecule has 0 spiro atoms. The highest BCUT2D eigenvalue weighted by Gasteiger charge is 2.06. The maximum atomic E-state index is 10.5. The zero-order chi connectivity index (χ0) is 10.3. The molecule has 0 saturated carbocycles. The number of nitrogens with zero attached hydrogens (tertiary/aromatic N) is 2. The van der Waals surface area contributed by atoms with Gasteiger partial charge in [-0.25, -0.2) is 9.97 Å². The highest BCUT2D eigenvalue weighted by atomic mass is 32.1. The van der Waals surface area contributed by atoms with Crippen LogP contribution in [0.1, 0.15) is 10.6 Å². The van der Waals surface area contributed by atoms with Crippen LogP contribution in [-0.4, -0.2) is 16.3 Å². The van der Waals surface area contributed by atoms with Crippen molar-refractivity contribution in [3.63, 3.8) is 0 Å². The van der Waals surface area contributed by atoms with E-state index in [2.05, 4.69) is 9.97 Å². The smallest absolute Gasteiger partial charge is 0.194 e. The molecule has 4 heteroatoms. The van der Waals surface area contributed by atoms with Crippen molar-refractivity contribution in [1.29, 1.82) is 0 Å². The van der Waals surface area contributed by atoms with E-state index in [0.29, 0.717) is 6.29 Å². The van der Waals surface area contributed by atoms with E-state index in [1.165, 1.54) is 4.70 Å². The predicted octanol–water partition coefficient (Wildman–Crippen LogP) is 2.66. The number of hydrogen-bond acceptors (Lipinski definition) is 4. The van der Waals surface area contributed by atoms with Crippen LogP contribution in [0.2, 0.25) is 0 Å². The summed E-state index contributed by atoms with van der Waals surface area (Å²) in [6.07, 6.45) is 2.38. The van der Waals surface area contributed by atoms with Gasteiger partial charge in [0, 0.05) is 21.7 Å². The number of aldehydes is 1. The van der Waals surface area contributed by atoms with Crippen molar-refractivity contribution in [3.8, 4) is 0 Å². The summed E-state index contributed by atoms with van der Waals surface area (Å²) in [5.74, 6) is 0.244. The number of carbonyl (C=O) groups excluding carboxylic acids is 1. The minimum absolute atomic E-state index is 0.244. The molecule has 0 fully saturated rings. The van der Waals surface area contributed by atoms with Crippen LogP contribution < -0.4 is 0 Å². The molecule has 0 amide bonds. The molecule has 0 unspecified atom stereocenters. The highest BCUT2D eigenvalue weighted by molar-refractivity contribution is 7.25. The molecule has 0 N–H and O–H groups in total. The Morgan fingerprint density at radius 3 is 2.93 bits per heavy atom. The van der Waals surface area contributed by atoms with Gasteiger partial charge in [-0.05, 0) is 6.07 Å². The van der Waals surface area contributed by atoms with Gasteiger partial charge in [-0.15, -0.1) is 11.3 Å². The zero-order valence-corrected chi connectivity index (χ0v) is 8.49. The van der Waals surface area contributed by atoms with Gasteiger partial charge in [-0.2, -0.15) is 0 Å². The Morgan fingerprint density at radius 2 is 2.07 bits per heavy atom. The second-order valence-electron chi connectivity index (χ2n) is 3.16. The average molecular weight is 214 g/mol. The van der Waals surface area contributed by atoms with Crippen molar-refractivity contribution < 1.29 is 4.79 Å². The number of carbonyl (C=O) groups is 1. The van der Waals surface area contributed by atoms with Crippen molar-refractivity contribution in [1.82, 2.24) is 9.97 Å². The normalized spacial score (nSPS) is 10.9. The fraction of sp³-hybridized carbons (Fsp3) is 0. The minimum atomic E-state index is 0.244. The molecule has 0 radical (unpaired) electrons. The van der Waals surface area contributed by atoms with Crippen molar-refractivity contribution >= 4 is 37.9 Å². The van der Waals surface area contributed by atoms with Crippen LogP contribution in [0.25, 0.3) is 20.3 Å². The van der Waals surface area contributed by atoms with E-state index < -0.39 is 0 Å². The van der Waals surface area contributed by atoms with Gasteiger partial charge in [0.15, 0.2) is 12.1 Å². The summed E-state index contributed by atoms with van der Waals surface area (Å²) in [5, 5.41) is 2.16. The molecule has 3 aromatic rings. The lowest BCUT2D eigenvalue weighted by molar-refractivity contribution is 0.111. The largest absolute Gasteiger partial charge is 0.294 e. The molecule has 0 aliphatic heterocycles. The Bertz CT molecular complexity index is 660. The van der Waals surface area contributed by atoms with Gasteiger partial charge in [-0.3, -0.25) is 4.79 Å². The van der Waals surface area contributed by atoms with E-state index in [9.17, 15) is 4.79 Å². The molecule has 1 aromatic carbocycles. The molecule has 72 valence electrons. The summed E-state index contributed by atoms with van der Waals surface area (Å²) in [6, 6.07) is 8.06. The Hall–Kier alpha value is -1.81. The van der Waals surface area contributed by atoms with Gasteiger partial charge in [0.25, 0.3) is 0 Å². The van der Waals surface area contributed by atoms with Crippen molar-refractivity contribution in [2.75, 3.05) is 0 Å². The first-order chi connectivity index (χ1) is 7.38. The topological polar surface area (TPSA) is 42.9 Å². The second kappa shape index (κ2) is 3.10. The van der Waals surface area contributed by atoms with E-state index >= 15 is 0 Å². The number of hydrogen-bond donors (Lipinski definition) is 0. The number of thiophene rings is 1. The molecule has 3 rings (SSSR count). The molecule has 0 atom stereocenters. The zero-order valence-electron chi connectivity index (χ0n) is 7.68. The Labute approximate surface area is 89.4 Å². The maximum Gasteiger partial charge on any atom is 0.194 e. The summed E-state index contributed by atoms with van der Waals surface area (Å²) >= 11 is 1.58. The highest BCUT2D eigenvalue weighted by Crippen LogP contribution is 2.31. The second-order valence-corrected chi connectivity index (χ2v) is 4.19. The molecule has 0 aliphatic rings. The summed E-state index contributed by atoms with van der Waals surface area (Å²) in [6.45, 7) is 0. The first kappa shape index (κ1) is 8.49. The third-order valence-corrected chi connectivity index (χ3v) is 3.34. The van der Waals surface area contributed by atoms with Crippen LogP contribution in [0.4, 0.5) is 0 Å². The van der Waals surface area contributed by atoms with Crippen LogP contribution in [-0.2, 0) is 0 Å². The van der Waals surface area contributed by atoms with Crippen LogP contribution >= 0.6 is 11.3 Å². The molecule has 0 bridgehead atoms. The maximum absolute atomic E-state index is 10.5. The van der Waals surface area contributed by atoms with Gasteiger partial charge in [0.2, 0.25) is 0 Å². The van der Waals surface area contributed by atoms with Crippen LogP contribution in [0.3, 0.4) is 0 Å². The number of rotatable bonds is 1. The van der Waals surface area contributed by atoms with E-state index in [1.807, 2.05) is 24.3 Å². The van der Waals surface area contributed by atoms with E-state index in [4.69, 9.17) is 0 Å². The standard InChI is InChI=1S/C11H6N2OS/c14-6-10-12-5-8-7-3-1-2-4-9(7)15-11(8)13-10/h1-6H. The van der Waals surface area contributed by atoms with Gasteiger partial charge >= 0.3 is 0 Å². The molecule has 2 heterocycles. The fourth-order valence-electron chi connectivity index (χ4n) is 1.58. The van der Waals surface area contributed by atoms with E-state index in [-0.39, 0.29) is 5.82 Å². The number of benzene rings is 1. The molecule has 2 aromatic heterocycles. The van der Waals surface area contributed by atoms with E-state index in [0.717, 1.165) is 15.6 Å². The minimum Gasteiger partial charge on any atom is -0.294 e. The summed E-state index contributed by atoms with van der Waals surface area (Å²) < 4.78 is 1.17. The molecule has 3 nitrogen and oxygen atoms in total. The van der Waals surface area contributed by atoms with Crippen LogP contribution in [0, 0.1) is 0 Å². The van der Waals surface area contributed by atoms with Crippen molar-refractivity contribution in [3.05, 3.63) is 36.3 Å². The molecular weight excluding hydrogens is 208 g/mol. The van der Waals surface area contributed by atoms with Crippen molar-refractivity contribution in [2.45, 2.75) is 0 Å². The third-order valence-electron chi connectivity index (χ3n) is 2.26. The monoisotopic (exact) mass is 214 g/mol. The Kier molecular flexibility index (Phi) is 1.76. The summed E-state index contributed by atoms with van der Waals surface area (Å²) in [4.78, 5) is 19.6. The molecule has 0 saturated heterocycles. The van der Waals surface area contributed by atoms with Gasteiger partial charge in [-0.1, -0.05) is 18.2 Å². The fourth-order valence-corrected chi connectivity index (χ4v) is 2.64. The van der Waals surface area contributed by atoms with Crippen LogP contribution in [0.15, 0.2) is 30.5 Å². The summed E-state index contributed by atoms with van der Waals surface area (Å²) in [5.41, 5.74) is 0. The van der Waals surface area contributed by atoms with Gasteiger partial charge in [0.05, 0.1) is 0 Å². The summed E-state index contributed by atoms with van der Waals surface area (Å²) in [7, 11) is 0. The molecule has 15 heavy (non-hydrogen) atoms. The van der Waals surface area contributed by atoms with Crippen LogP contribution in [0.5, 0.6) is 0 Å². The Balaban J connectivity index is 2.48. The van der Waals surface area contributed by atoms with E-state index in [1.54, 1.807) is 17.5 Å².